The third-order valence-corrected chi connectivity index (χ3v) is 6.48. The molecule has 160 valence electrons. The predicted octanol–water partition coefficient (Wildman–Crippen LogP) is 6.98. The zero-order valence-electron chi connectivity index (χ0n) is 18.3. The van der Waals surface area contributed by atoms with Crippen molar-refractivity contribution in [2.75, 3.05) is 5.32 Å². The highest BCUT2D eigenvalue weighted by Gasteiger charge is 2.32. The molecule has 1 N–H and O–H groups in total. The molecule has 0 spiro atoms. The van der Waals surface area contributed by atoms with Gasteiger partial charge < -0.3 is 10.1 Å². The van der Waals surface area contributed by atoms with E-state index in [1.807, 2.05) is 53.9 Å². The Balaban J connectivity index is 1.41. The lowest BCUT2D eigenvalue weighted by molar-refractivity contribution is -0.116. The maximum atomic E-state index is 13.4. The number of rotatable bonds is 3. The molecule has 1 aliphatic rings. The van der Waals surface area contributed by atoms with E-state index in [2.05, 4.69) is 55.3 Å². The fraction of sp³-hybridized carbons (Fsp3) is 0.185. The summed E-state index contributed by atoms with van der Waals surface area (Å²) in [6.07, 6.45) is 0. The number of amides is 1. The van der Waals surface area contributed by atoms with Gasteiger partial charge in [0.2, 0.25) is 5.91 Å². The molecule has 5 heteroatoms. The van der Waals surface area contributed by atoms with Gasteiger partial charge in [0.05, 0.1) is 11.6 Å². The first kappa shape index (κ1) is 20.5. The number of nitrogens with one attached hydrogen (secondary N) is 1. The topological polar surface area (TPSA) is 51.2 Å². The van der Waals surface area contributed by atoms with Gasteiger partial charge in [-0.05, 0) is 23.1 Å². The summed E-state index contributed by atoms with van der Waals surface area (Å²) in [5.74, 6) is 0.863. The van der Waals surface area contributed by atoms with Crippen molar-refractivity contribution in [3.8, 4) is 22.8 Å². The SMILES string of the molecule is CC(C)(C)c1ccc(-c2csc(NC(=O)C3c4ccccc4Oc4ccccc43)n2)cc1. The number of aromatic nitrogens is 1. The van der Waals surface area contributed by atoms with Gasteiger partial charge in [-0.1, -0.05) is 81.4 Å². The molecule has 4 aromatic rings. The van der Waals surface area contributed by atoms with Crippen LogP contribution in [0.1, 0.15) is 43.4 Å². The van der Waals surface area contributed by atoms with Crippen LogP contribution in [0.4, 0.5) is 5.13 Å². The van der Waals surface area contributed by atoms with Gasteiger partial charge in [-0.15, -0.1) is 11.3 Å². The first-order chi connectivity index (χ1) is 15.4. The molecular formula is C27H24N2O2S. The Hall–Kier alpha value is -3.44. The lowest BCUT2D eigenvalue weighted by Crippen LogP contribution is -2.25. The smallest absolute Gasteiger partial charge is 0.238 e. The van der Waals surface area contributed by atoms with Crippen LogP contribution in [0.2, 0.25) is 0 Å². The summed E-state index contributed by atoms with van der Waals surface area (Å²) in [6, 6.07) is 23.8. The third kappa shape index (κ3) is 3.80. The van der Waals surface area contributed by atoms with Crippen molar-refractivity contribution in [1.29, 1.82) is 0 Å². The highest BCUT2D eigenvalue weighted by atomic mass is 32.1. The Morgan fingerprint density at radius 3 is 2.09 bits per heavy atom. The molecule has 2 heterocycles. The fourth-order valence-electron chi connectivity index (χ4n) is 3.97. The van der Waals surface area contributed by atoms with E-state index < -0.39 is 5.92 Å². The van der Waals surface area contributed by atoms with Gasteiger partial charge in [-0.2, -0.15) is 0 Å². The zero-order valence-corrected chi connectivity index (χ0v) is 19.1. The largest absolute Gasteiger partial charge is 0.457 e. The maximum absolute atomic E-state index is 13.4. The van der Waals surface area contributed by atoms with E-state index >= 15 is 0 Å². The van der Waals surface area contributed by atoms with Gasteiger partial charge in [0.1, 0.15) is 11.5 Å². The second-order valence-corrected chi connectivity index (χ2v) is 9.82. The first-order valence-corrected chi connectivity index (χ1v) is 11.5. The van der Waals surface area contributed by atoms with Gasteiger partial charge in [-0.25, -0.2) is 4.98 Å². The second-order valence-electron chi connectivity index (χ2n) is 8.97. The minimum atomic E-state index is -0.449. The number of carbonyl (C=O) groups excluding carboxylic acids is 1. The molecule has 1 amide bonds. The van der Waals surface area contributed by atoms with Crippen molar-refractivity contribution >= 4 is 22.4 Å². The molecule has 0 saturated heterocycles. The molecule has 1 aromatic heterocycles. The van der Waals surface area contributed by atoms with E-state index in [4.69, 9.17) is 4.74 Å². The predicted molar refractivity (Wildman–Crippen MR) is 130 cm³/mol. The van der Waals surface area contributed by atoms with E-state index in [0.717, 1.165) is 22.4 Å². The zero-order chi connectivity index (χ0) is 22.3. The van der Waals surface area contributed by atoms with E-state index in [-0.39, 0.29) is 11.3 Å². The normalized spacial score (nSPS) is 13.1. The lowest BCUT2D eigenvalue weighted by atomic mass is 9.86. The minimum absolute atomic E-state index is 0.107. The Labute approximate surface area is 191 Å². The fourth-order valence-corrected chi connectivity index (χ4v) is 4.70. The van der Waals surface area contributed by atoms with Gasteiger partial charge in [0.25, 0.3) is 0 Å². The van der Waals surface area contributed by atoms with Crippen LogP contribution in [0, 0.1) is 0 Å². The van der Waals surface area contributed by atoms with E-state index in [9.17, 15) is 4.79 Å². The van der Waals surface area contributed by atoms with Gasteiger partial charge in [0, 0.05) is 22.1 Å². The number of thiazole rings is 1. The summed E-state index contributed by atoms with van der Waals surface area (Å²) >= 11 is 1.43. The summed E-state index contributed by atoms with van der Waals surface area (Å²) in [5.41, 5.74) is 5.00. The molecule has 0 radical (unpaired) electrons. The highest BCUT2D eigenvalue weighted by molar-refractivity contribution is 7.14. The van der Waals surface area contributed by atoms with Gasteiger partial charge in [-0.3, -0.25) is 4.79 Å². The number of ether oxygens (including phenoxy) is 1. The van der Waals surface area contributed by atoms with Crippen molar-refractivity contribution in [3.05, 3.63) is 94.9 Å². The van der Waals surface area contributed by atoms with Crippen LogP contribution in [-0.4, -0.2) is 10.9 Å². The van der Waals surface area contributed by atoms with Crippen LogP contribution in [0.5, 0.6) is 11.5 Å². The number of hydrogen-bond acceptors (Lipinski definition) is 4. The van der Waals surface area contributed by atoms with Gasteiger partial charge in [0.15, 0.2) is 5.13 Å². The van der Waals surface area contributed by atoms with Crippen molar-refractivity contribution in [2.45, 2.75) is 32.1 Å². The summed E-state index contributed by atoms with van der Waals surface area (Å²) in [7, 11) is 0. The number of fused-ring (bicyclic) bond motifs is 2. The summed E-state index contributed by atoms with van der Waals surface area (Å²) < 4.78 is 6.01. The van der Waals surface area contributed by atoms with Crippen LogP contribution in [0.3, 0.4) is 0 Å². The number of hydrogen-bond donors (Lipinski definition) is 1. The molecule has 32 heavy (non-hydrogen) atoms. The van der Waals surface area contributed by atoms with Crippen molar-refractivity contribution in [1.82, 2.24) is 4.98 Å². The minimum Gasteiger partial charge on any atom is -0.457 e. The standard InChI is InChI=1S/C27H24N2O2S/c1-27(2,3)18-14-12-17(13-15-18)21-16-32-26(28-21)29-25(30)24-19-8-4-6-10-22(19)31-23-11-7-5-9-20(23)24/h4-16,24H,1-3H3,(H,28,29,30). The Bertz CT molecular complexity index is 1240. The molecule has 5 rings (SSSR count). The molecule has 3 aromatic carbocycles. The number of carbonyl (C=O) groups is 1. The lowest BCUT2D eigenvalue weighted by Gasteiger charge is -2.27. The van der Waals surface area contributed by atoms with Crippen LogP contribution in [0.25, 0.3) is 11.3 Å². The molecular weight excluding hydrogens is 416 g/mol. The molecule has 0 saturated carbocycles. The van der Waals surface area contributed by atoms with Crippen molar-refractivity contribution in [2.24, 2.45) is 0 Å². The van der Waals surface area contributed by atoms with Crippen LogP contribution >= 0.6 is 11.3 Å². The number of nitrogens with zero attached hydrogens (tertiary/aromatic N) is 1. The first-order valence-electron chi connectivity index (χ1n) is 10.6. The summed E-state index contributed by atoms with van der Waals surface area (Å²) in [6.45, 7) is 6.60. The van der Waals surface area contributed by atoms with Crippen LogP contribution in [-0.2, 0) is 10.2 Å². The molecule has 0 bridgehead atoms. The van der Waals surface area contributed by atoms with E-state index in [0.29, 0.717) is 16.6 Å². The van der Waals surface area contributed by atoms with Crippen LogP contribution < -0.4 is 10.1 Å². The van der Waals surface area contributed by atoms with Gasteiger partial charge >= 0.3 is 0 Å². The average Bonchev–Trinajstić information content (AvgIpc) is 3.25. The Kier molecular flexibility index (Phi) is 5.06. The Morgan fingerprint density at radius 1 is 0.906 bits per heavy atom. The number of anilines is 1. The summed E-state index contributed by atoms with van der Waals surface area (Å²) in [5, 5.41) is 5.60. The van der Waals surface area contributed by atoms with Crippen molar-refractivity contribution < 1.29 is 9.53 Å². The molecule has 4 nitrogen and oxygen atoms in total. The summed E-state index contributed by atoms with van der Waals surface area (Å²) in [4.78, 5) is 18.1. The molecule has 0 atom stereocenters. The number of benzene rings is 3. The average molecular weight is 441 g/mol. The third-order valence-electron chi connectivity index (χ3n) is 5.72. The molecule has 0 aliphatic carbocycles. The highest BCUT2D eigenvalue weighted by Crippen LogP contribution is 2.44. The number of para-hydroxylation sites is 2. The maximum Gasteiger partial charge on any atom is 0.238 e. The molecule has 0 unspecified atom stereocenters. The quantitative estimate of drug-likeness (QED) is 0.374. The van der Waals surface area contributed by atoms with Crippen molar-refractivity contribution in [3.63, 3.8) is 0 Å². The van der Waals surface area contributed by atoms with Crippen LogP contribution in [0.15, 0.2) is 78.2 Å². The van der Waals surface area contributed by atoms with E-state index in [1.165, 1.54) is 16.9 Å². The molecule has 1 aliphatic heterocycles. The second kappa shape index (κ2) is 7.92. The monoisotopic (exact) mass is 440 g/mol. The molecule has 0 fully saturated rings. The van der Waals surface area contributed by atoms with E-state index in [1.54, 1.807) is 0 Å². The Morgan fingerprint density at radius 2 is 1.50 bits per heavy atom.